The van der Waals surface area contributed by atoms with E-state index in [1.807, 2.05) is 48.9 Å². The third-order valence-electron chi connectivity index (χ3n) is 6.56. The van der Waals surface area contributed by atoms with E-state index >= 15 is 0 Å². The highest BCUT2D eigenvalue weighted by Gasteiger charge is 2.18. The maximum atomic E-state index is 13.4. The normalized spacial score (nSPS) is 14.5. The number of fused-ring (bicyclic) bond motifs is 1. The standard InChI is InChI=1S/C26H27ClN6O/c1-17-23(20-6-4-5-7-22(20)27)24(34)21-16-28-26(30-25(21)32(17)3)29-18-8-10-19(11-9-18)33-14-12-31(2)13-15-33/h4-11,16H,12-15H2,1-3H3,(H,28,29,30). The van der Waals surface area contributed by atoms with E-state index in [2.05, 4.69) is 44.3 Å². The van der Waals surface area contributed by atoms with E-state index in [0.29, 0.717) is 33.1 Å². The third kappa shape index (κ3) is 4.13. The number of aryl methyl sites for hydroxylation is 1. The van der Waals surface area contributed by atoms with Crippen LogP contribution in [0.4, 0.5) is 17.3 Å². The Labute approximate surface area is 203 Å². The second-order valence-electron chi connectivity index (χ2n) is 8.72. The van der Waals surface area contributed by atoms with Crippen molar-refractivity contribution in [3.05, 3.63) is 75.7 Å². The molecule has 34 heavy (non-hydrogen) atoms. The van der Waals surface area contributed by atoms with E-state index < -0.39 is 0 Å². The van der Waals surface area contributed by atoms with E-state index in [1.54, 1.807) is 12.3 Å². The van der Waals surface area contributed by atoms with Gasteiger partial charge in [-0.1, -0.05) is 29.8 Å². The lowest BCUT2D eigenvalue weighted by molar-refractivity contribution is 0.313. The van der Waals surface area contributed by atoms with Gasteiger partial charge in [0.25, 0.3) is 0 Å². The molecule has 1 saturated heterocycles. The fourth-order valence-electron chi connectivity index (χ4n) is 4.40. The van der Waals surface area contributed by atoms with Crippen LogP contribution >= 0.6 is 11.6 Å². The Balaban J connectivity index is 1.45. The number of likely N-dealkylation sites (N-methyl/N-ethyl adjacent to an activating group) is 1. The van der Waals surface area contributed by atoms with Crippen molar-refractivity contribution in [3.8, 4) is 11.1 Å². The summed E-state index contributed by atoms with van der Waals surface area (Å²) in [4.78, 5) is 27.2. The molecule has 5 rings (SSSR count). The van der Waals surface area contributed by atoms with Gasteiger partial charge in [-0.25, -0.2) is 4.98 Å². The van der Waals surface area contributed by atoms with E-state index in [9.17, 15) is 4.79 Å². The molecule has 2 aromatic carbocycles. The molecule has 8 heteroatoms. The van der Waals surface area contributed by atoms with Gasteiger partial charge in [-0.15, -0.1) is 0 Å². The number of anilines is 3. The van der Waals surface area contributed by atoms with E-state index in [1.165, 1.54) is 5.69 Å². The topological polar surface area (TPSA) is 66.3 Å². The fraction of sp³-hybridized carbons (Fsp3) is 0.269. The fourth-order valence-corrected chi connectivity index (χ4v) is 4.64. The number of rotatable bonds is 4. The van der Waals surface area contributed by atoms with Crippen molar-refractivity contribution in [1.82, 2.24) is 19.4 Å². The Morgan fingerprint density at radius 3 is 2.38 bits per heavy atom. The van der Waals surface area contributed by atoms with Crippen LogP contribution in [-0.2, 0) is 7.05 Å². The third-order valence-corrected chi connectivity index (χ3v) is 6.89. The van der Waals surface area contributed by atoms with Gasteiger partial charge in [-0.05, 0) is 44.3 Å². The molecular formula is C26H27ClN6O. The molecule has 0 unspecified atom stereocenters. The average molecular weight is 475 g/mol. The molecule has 0 bridgehead atoms. The summed E-state index contributed by atoms with van der Waals surface area (Å²) in [5, 5.41) is 4.27. The Morgan fingerprint density at radius 1 is 0.971 bits per heavy atom. The molecule has 0 atom stereocenters. The van der Waals surface area contributed by atoms with Gasteiger partial charge < -0.3 is 19.7 Å². The predicted molar refractivity (Wildman–Crippen MR) is 139 cm³/mol. The van der Waals surface area contributed by atoms with E-state index in [4.69, 9.17) is 11.6 Å². The van der Waals surface area contributed by atoms with Gasteiger partial charge in [-0.2, -0.15) is 4.98 Å². The number of nitrogens with one attached hydrogen (secondary N) is 1. The molecule has 1 aliphatic rings. The molecule has 0 amide bonds. The van der Waals surface area contributed by atoms with Gasteiger partial charge in [0.1, 0.15) is 5.65 Å². The van der Waals surface area contributed by atoms with Crippen LogP contribution in [0.2, 0.25) is 5.02 Å². The van der Waals surface area contributed by atoms with Crippen molar-refractivity contribution in [3.63, 3.8) is 0 Å². The SMILES string of the molecule is Cc1c(-c2ccccc2Cl)c(=O)c2cnc(Nc3ccc(N4CCN(C)CC4)cc3)nc2n1C. The molecule has 7 nitrogen and oxygen atoms in total. The molecule has 0 spiro atoms. The molecule has 3 heterocycles. The molecule has 0 radical (unpaired) electrons. The Bertz CT molecular complexity index is 1410. The molecule has 0 aliphatic carbocycles. The van der Waals surface area contributed by atoms with Crippen LogP contribution in [0.15, 0.2) is 59.5 Å². The number of halogens is 1. The summed E-state index contributed by atoms with van der Waals surface area (Å²) in [7, 11) is 4.06. The van der Waals surface area contributed by atoms with Crippen LogP contribution in [0.5, 0.6) is 0 Å². The summed E-state index contributed by atoms with van der Waals surface area (Å²) in [6.45, 7) is 6.11. The number of hydrogen-bond acceptors (Lipinski definition) is 6. The van der Waals surface area contributed by atoms with Crippen LogP contribution in [0, 0.1) is 6.92 Å². The summed E-state index contributed by atoms with van der Waals surface area (Å²) < 4.78 is 1.92. The van der Waals surface area contributed by atoms with Crippen LogP contribution in [-0.4, -0.2) is 52.7 Å². The number of aromatic nitrogens is 3. The zero-order chi connectivity index (χ0) is 23.8. The maximum Gasteiger partial charge on any atom is 0.229 e. The second kappa shape index (κ2) is 9.08. The van der Waals surface area contributed by atoms with E-state index in [-0.39, 0.29) is 5.43 Å². The number of piperazine rings is 1. The quantitative estimate of drug-likeness (QED) is 0.471. The lowest BCUT2D eigenvalue weighted by atomic mass is 10.0. The summed E-state index contributed by atoms with van der Waals surface area (Å²) >= 11 is 6.39. The molecule has 1 N–H and O–H groups in total. The van der Waals surface area contributed by atoms with Gasteiger partial charge in [-0.3, -0.25) is 4.79 Å². The summed E-state index contributed by atoms with van der Waals surface area (Å²) in [5.74, 6) is 0.444. The van der Waals surface area contributed by atoms with Gasteiger partial charge in [0, 0.05) is 67.1 Å². The van der Waals surface area contributed by atoms with Crippen molar-refractivity contribution in [1.29, 1.82) is 0 Å². The summed E-state index contributed by atoms with van der Waals surface area (Å²) in [6, 6.07) is 15.7. The minimum absolute atomic E-state index is 0.123. The van der Waals surface area contributed by atoms with Gasteiger partial charge in [0.15, 0.2) is 0 Å². The number of benzene rings is 2. The number of hydrogen-bond donors (Lipinski definition) is 1. The van der Waals surface area contributed by atoms with Crippen molar-refractivity contribution in [2.45, 2.75) is 6.92 Å². The van der Waals surface area contributed by atoms with Crippen molar-refractivity contribution < 1.29 is 0 Å². The highest BCUT2D eigenvalue weighted by Crippen LogP contribution is 2.29. The monoisotopic (exact) mass is 474 g/mol. The Morgan fingerprint density at radius 2 is 1.68 bits per heavy atom. The van der Waals surface area contributed by atoms with Crippen molar-refractivity contribution >= 4 is 40.0 Å². The number of pyridine rings is 1. The minimum Gasteiger partial charge on any atom is -0.369 e. The van der Waals surface area contributed by atoms with Crippen LogP contribution in [0.1, 0.15) is 5.69 Å². The maximum absolute atomic E-state index is 13.4. The zero-order valence-electron chi connectivity index (χ0n) is 19.5. The molecule has 2 aromatic heterocycles. The first-order valence-electron chi connectivity index (χ1n) is 11.3. The average Bonchev–Trinajstić information content (AvgIpc) is 2.85. The molecule has 4 aromatic rings. The van der Waals surface area contributed by atoms with Crippen LogP contribution in [0.25, 0.3) is 22.2 Å². The largest absolute Gasteiger partial charge is 0.369 e. The molecular weight excluding hydrogens is 448 g/mol. The van der Waals surface area contributed by atoms with Crippen molar-refractivity contribution in [2.75, 3.05) is 43.4 Å². The van der Waals surface area contributed by atoms with Crippen molar-refractivity contribution in [2.24, 2.45) is 7.05 Å². The van der Waals surface area contributed by atoms with Crippen LogP contribution in [0.3, 0.4) is 0 Å². The van der Waals surface area contributed by atoms with E-state index in [0.717, 1.165) is 37.6 Å². The highest BCUT2D eigenvalue weighted by atomic mass is 35.5. The number of nitrogens with zero attached hydrogens (tertiary/aromatic N) is 5. The highest BCUT2D eigenvalue weighted by molar-refractivity contribution is 6.33. The molecule has 174 valence electrons. The molecule has 0 saturated carbocycles. The smallest absolute Gasteiger partial charge is 0.229 e. The molecule has 1 fully saturated rings. The first kappa shape index (κ1) is 22.4. The first-order valence-corrected chi connectivity index (χ1v) is 11.7. The van der Waals surface area contributed by atoms with Crippen LogP contribution < -0.4 is 15.6 Å². The second-order valence-corrected chi connectivity index (χ2v) is 9.13. The first-order chi connectivity index (χ1) is 16.4. The Hall–Kier alpha value is -3.42. The molecule has 1 aliphatic heterocycles. The summed E-state index contributed by atoms with van der Waals surface area (Å²) in [5.41, 5.74) is 4.64. The van der Waals surface area contributed by atoms with Gasteiger partial charge in [0.2, 0.25) is 11.4 Å². The van der Waals surface area contributed by atoms with Gasteiger partial charge in [0.05, 0.1) is 10.9 Å². The predicted octanol–water partition coefficient (Wildman–Crippen LogP) is 4.45. The lowest BCUT2D eigenvalue weighted by Gasteiger charge is -2.34. The zero-order valence-corrected chi connectivity index (χ0v) is 20.3. The lowest BCUT2D eigenvalue weighted by Crippen LogP contribution is -2.44. The minimum atomic E-state index is -0.123. The Kier molecular flexibility index (Phi) is 5.98. The van der Waals surface area contributed by atoms with Gasteiger partial charge >= 0.3 is 0 Å². The summed E-state index contributed by atoms with van der Waals surface area (Å²) in [6.07, 6.45) is 1.59.